The highest BCUT2D eigenvalue weighted by Crippen LogP contribution is 2.16. The first-order chi connectivity index (χ1) is 7.70. The van der Waals surface area contributed by atoms with Crippen LogP contribution in [0.4, 0.5) is 0 Å². The minimum atomic E-state index is 1.00. The van der Waals surface area contributed by atoms with Crippen molar-refractivity contribution >= 4 is 9.24 Å². The summed E-state index contributed by atoms with van der Waals surface area (Å²) >= 11 is 0. The van der Waals surface area contributed by atoms with E-state index in [1.54, 1.807) is 0 Å². The van der Waals surface area contributed by atoms with Gasteiger partial charge in [-0.1, -0.05) is 33.4 Å². The van der Waals surface area contributed by atoms with Gasteiger partial charge in [0.15, 0.2) is 0 Å². The van der Waals surface area contributed by atoms with Crippen molar-refractivity contribution in [3.05, 3.63) is 37.2 Å². The fourth-order valence-corrected chi connectivity index (χ4v) is 1.58. The predicted octanol–water partition coefficient (Wildman–Crippen LogP) is 4.25. The molecule has 94 valence electrons. The highest BCUT2D eigenvalue weighted by atomic mass is 31.0. The van der Waals surface area contributed by atoms with Crippen LogP contribution in [0, 0.1) is 0 Å². The Morgan fingerprint density at radius 2 is 1.50 bits per heavy atom. The first kappa shape index (κ1) is 18.0. The van der Waals surface area contributed by atoms with Crippen LogP contribution in [0.1, 0.15) is 33.1 Å². The van der Waals surface area contributed by atoms with E-state index in [1.165, 1.54) is 32.4 Å². The number of rotatable bonds is 3. The van der Waals surface area contributed by atoms with Gasteiger partial charge in [0, 0.05) is 6.54 Å². The van der Waals surface area contributed by atoms with Crippen molar-refractivity contribution in [3.8, 4) is 0 Å². The number of hydrogen-bond donors (Lipinski definition) is 0. The predicted molar refractivity (Wildman–Crippen MR) is 80.9 cm³/mol. The summed E-state index contributed by atoms with van der Waals surface area (Å²) in [5.74, 6) is 0. The summed E-state index contributed by atoms with van der Waals surface area (Å²) in [4.78, 5) is 2.46. The number of likely N-dealkylation sites (tertiary alicyclic amines) is 1. The van der Waals surface area contributed by atoms with E-state index in [0.717, 1.165) is 17.4 Å². The van der Waals surface area contributed by atoms with E-state index in [2.05, 4.69) is 40.5 Å². The second kappa shape index (κ2) is 12.7. The molecule has 1 aliphatic rings. The molecule has 0 aliphatic carbocycles. The molecule has 0 aromatic heterocycles. The summed E-state index contributed by atoms with van der Waals surface area (Å²) in [7, 11) is 2.62. The van der Waals surface area contributed by atoms with Crippen molar-refractivity contribution < 1.29 is 0 Å². The largest absolute Gasteiger partial charge is 0.299 e. The summed E-state index contributed by atoms with van der Waals surface area (Å²) in [6.07, 6.45) is 4.08. The summed E-state index contributed by atoms with van der Waals surface area (Å²) in [6.45, 7) is 21.3. The summed E-state index contributed by atoms with van der Waals surface area (Å²) in [5.41, 5.74) is 1.15. The summed E-state index contributed by atoms with van der Waals surface area (Å²) in [5, 5.41) is 1.04. The molecule has 1 aliphatic heterocycles. The molecular weight excluding hydrogens is 213 g/mol. The quantitative estimate of drug-likeness (QED) is 0.406. The maximum atomic E-state index is 3.99. The van der Waals surface area contributed by atoms with Crippen LogP contribution in [-0.2, 0) is 0 Å². The molecule has 1 saturated heterocycles. The van der Waals surface area contributed by atoms with Crippen molar-refractivity contribution in [2.75, 3.05) is 19.6 Å². The first-order valence-electron chi connectivity index (χ1n) is 6.05. The molecule has 0 radical (unpaired) electrons. The molecule has 0 saturated carbocycles. The average Bonchev–Trinajstić information content (AvgIpc) is 2.35. The molecule has 1 heterocycles. The fourth-order valence-electron chi connectivity index (χ4n) is 1.49. The first-order valence-corrected chi connectivity index (χ1v) is 6.63. The van der Waals surface area contributed by atoms with Crippen molar-refractivity contribution in [1.82, 2.24) is 4.90 Å². The van der Waals surface area contributed by atoms with Crippen molar-refractivity contribution in [2.24, 2.45) is 0 Å². The lowest BCUT2D eigenvalue weighted by atomic mass is 10.1. The fraction of sp³-hybridized carbons (Fsp3) is 0.571. The Bertz CT molecular complexity index is 193. The Labute approximate surface area is 105 Å². The van der Waals surface area contributed by atoms with E-state index >= 15 is 0 Å². The van der Waals surface area contributed by atoms with Gasteiger partial charge < -0.3 is 0 Å². The molecule has 1 fully saturated rings. The second-order valence-electron chi connectivity index (χ2n) is 3.47. The lowest BCUT2D eigenvalue weighted by molar-refractivity contribution is 0.248. The van der Waals surface area contributed by atoms with Gasteiger partial charge in [-0.05, 0) is 36.8 Å². The standard InChI is InChI=1S/C10H18NP.C2H6.C2H4/c1-9(10(2)12)8-11-6-4-3-5-7-11;2*1-2/h1-8,12H2;1-2H3;1-2H2. The number of piperidine rings is 1. The molecule has 0 aromatic rings. The number of hydrogen-bond acceptors (Lipinski definition) is 1. The van der Waals surface area contributed by atoms with Gasteiger partial charge in [0.05, 0.1) is 0 Å². The van der Waals surface area contributed by atoms with Crippen LogP contribution in [0.15, 0.2) is 37.2 Å². The van der Waals surface area contributed by atoms with Gasteiger partial charge >= 0.3 is 0 Å². The smallest absolute Gasteiger partial charge is 0.0233 e. The molecule has 0 aromatic carbocycles. The Hall–Kier alpha value is -0.390. The minimum Gasteiger partial charge on any atom is -0.299 e. The minimum absolute atomic E-state index is 1.00. The van der Waals surface area contributed by atoms with Gasteiger partial charge in [-0.3, -0.25) is 4.90 Å². The van der Waals surface area contributed by atoms with Gasteiger partial charge in [-0.2, -0.15) is 0 Å². The maximum absolute atomic E-state index is 3.99. The third-order valence-electron chi connectivity index (χ3n) is 2.32. The monoisotopic (exact) mass is 241 g/mol. The third-order valence-corrected chi connectivity index (χ3v) is 2.73. The number of nitrogens with zero attached hydrogens (tertiary/aromatic N) is 1. The van der Waals surface area contributed by atoms with E-state index < -0.39 is 0 Å². The zero-order valence-electron chi connectivity index (χ0n) is 11.1. The molecular formula is C14H28NP. The molecule has 0 bridgehead atoms. The molecule has 1 unspecified atom stereocenters. The molecule has 0 amide bonds. The lowest BCUT2D eigenvalue weighted by Crippen LogP contribution is -2.31. The Morgan fingerprint density at radius 1 is 1.06 bits per heavy atom. The Balaban J connectivity index is 0. The van der Waals surface area contributed by atoms with Crippen LogP contribution in [0.25, 0.3) is 0 Å². The highest BCUT2D eigenvalue weighted by Gasteiger charge is 2.10. The van der Waals surface area contributed by atoms with E-state index in [1.807, 2.05) is 13.8 Å². The Kier molecular flexibility index (Phi) is 14.3. The van der Waals surface area contributed by atoms with Gasteiger partial charge in [0.1, 0.15) is 0 Å². The third kappa shape index (κ3) is 8.88. The zero-order chi connectivity index (χ0) is 13.0. The summed E-state index contributed by atoms with van der Waals surface area (Å²) < 4.78 is 0. The SMILES string of the molecule is C=C.C=C(P)C(=C)CN1CCCCC1.CC. The summed E-state index contributed by atoms with van der Waals surface area (Å²) in [6, 6.07) is 0. The van der Waals surface area contributed by atoms with Crippen LogP contribution < -0.4 is 0 Å². The van der Waals surface area contributed by atoms with Crippen molar-refractivity contribution in [2.45, 2.75) is 33.1 Å². The van der Waals surface area contributed by atoms with E-state index in [4.69, 9.17) is 0 Å². The van der Waals surface area contributed by atoms with Crippen LogP contribution >= 0.6 is 9.24 Å². The second-order valence-corrected chi connectivity index (χ2v) is 4.16. The van der Waals surface area contributed by atoms with Crippen molar-refractivity contribution in [1.29, 1.82) is 0 Å². The van der Waals surface area contributed by atoms with Crippen LogP contribution in [0.2, 0.25) is 0 Å². The molecule has 1 atom stereocenters. The lowest BCUT2D eigenvalue weighted by Gasteiger charge is -2.27. The maximum Gasteiger partial charge on any atom is 0.0233 e. The van der Waals surface area contributed by atoms with Crippen LogP contribution in [-0.4, -0.2) is 24.5 Å². The normalized spacial score (nSPS) is 14.9. The van der Waals surface area contributed by atoms with E-state index in [-0.39, 0.29) is 0 Å². The topological polar surface area (TPSA) is 3.24 Å². The highest BCUT2D eigenvalue weighted by molar-refractivity contribution is 7.23. The van der Waals surface area contributed by atoms with Crippen LogP contribution in [0.5, 0.6) is 0 Å². The molecule has 0 spiro atoms. The van der Waals surface area contributed by atoms with Crippen LogP contribution in [0.3, 0.4) is 0 Å². The Morgan fingerprint density at radius 3 is 1.88 bits per heavy atom. The van der Waals surface area contributed by atoms with Gasteiger partial charge in [-0.25, -0.2) is 0 Å². The van der Waals surface area contributed by atoms with Gasteiger partial charge in [0.25, 0.3) is 0 Å². The van der Waals surface area contributed by atoms with Gasteiger partial charge in [-0.15, -0.1) is 22.4 Å². The molecule has 1 nitrogen and oxygen atoms in total. The van der Waals surface area contributed by atoms with Crippen molar-refractivity contribution in [3.63, 3.8) is 0 Å². The average molecular weight is 241 g/mol. The van der Waals surface area contributed by atoms with Gasteiger partial charge in [0.2, 0.25) is 0 Å². The molecule has 16 heavy (non-hydrogen) atoms. The molecule has 0 N–H and O–H groups in total. The molecule has 2 heteroatoms. The molecule has 1 rings (SSSR count). The van der Waals surface area contributed by atoms with E-state index in [0.29, 0.717) is 0 Å². The van der Waals surface area contributed by atoms with E-state index in [9.17, 15) is 0 Å². The zero-order valence-corrected chi connectivity index (χ0v) is 12.3.